The molecule has 0 fully saturated rings. The van der Waals surface area contributed by atoms with Crippen LogP contribution in [0.1, 0.15) is 27.0 Å². The first-order chi connectivity index (χ1) is 9.61. The molecule has 2 aromatic carbocycles. The molecule has 1 aliphatic heterocycles. The maximum atomic E-state index is 10.8. The molecule has 1 heterocycles. The molecule has 0 aromatic heterocycles. The molecule has 1 aliphatic rings. The van der Waals surface area contributed by atoms with Crippen LogP contribution >= 0.6 is 11.6 Å². The van der Waals surface area contributed by atoms with Crippen LogP contribution in [0.2, 0.25) is 5.02 Å². The Hall–Kier alpha value is -1.84. The molecule has 3 rings (SSSR count). The smallest absolute Gasteiger partial charge is 0.335 e. The number of nitrogens with zero attached hydrogens (tertiary/aromatic N) is 1. The molecule has 2 aromatic rings. The summed E-state index contributed by atoms with van der Waals surface area (Å²) in [5, 5.41) is 9.66. The first-order valence-corrected chi connectivity index (χ1v) is 6.81. The van der Waals surface area contributed by atoms with Crippen LogP contribution in [0.3, 0.4) is 0 Å². The van der Waals surface area contributed by atoms with Crippen molar-refractivity contribution in [3.63, 3.8) is 0 Å². The molecule has 0 aliphatic carbocycles. The van der Waals surface area contributed by atoms with Gasteiger partial charge in [0.2, 0.25) is 0 Å². The van der Waals surface area contributed by atoms with E-state index in [4.69, 9.17) is 16.7 Å². The van der Waals surface area contributed by atoms with Gasteiger partial charge in [0.25, 0.3) is 0 Å². The van der Waals surface area contributed by atoms with Gasteiger partial charge in [0.15, 0.2) is 0 Å². The van der Waals surface area contributed by atoms with Crippen molar-refractivity contribution in [3.05, 3.63) is 69.7 Å². The van der Waals surface area contributed by atoms with Crippen LogP contribution in [-0.2, 0) is 19.6 Å². The highest BCUT2D eigenvalue weighted by atomic mass is 35.5. The van der Waals surface area contributed by atoms with Gasteiger partial charge in [-0.2, -0.15) is 0 Å². The maximum Gasteiger partial charge on any atom is 0.335 e. The average Bonchev–Trinajstić information content (AvgIpc) is 2.80. The lowest BCUT2D eigenvalue weighted by atomic mass is 10.1. The lowest BCUT2D eigenvalue weighted by Gasteiger charge is -2.14. The Morgan fingerprint density at radius 3 is 2.50 bits per heavy atom. The monoisotopic (exact) mass is 287 g/mol. The summed E-state index contributed by atoms with van der Waals surface area (Å²) in [6.07, 6.45) is 0. The Labute approximate surface area is 122 Å². The van der Waals surface area contributed by atoms with Gasteiger partial charge in [-0.25, -0.2) is 4.79 Å². The van der Waals surface area contributed by atoms with Gasteiger partial charge in [-0.3, -0.25) is 4.90 Å². The van der Waals surface area contributed by atoms with Crippen LogP contribution in [0.25, 0.3) is 0 Å². The Morgan fingerprint density at radius 2 is 1.80 bits per heavy atom. The van der Waals surface area contributed by atoms with Crippen molar-refractivity contribution in [2.75, 3.05) is 0 Å². The molecule has 0 unspecified atom stereocenters. The minimum Gasteiger partial charge on any atom is -0.478 e. The van der Waals surface area contributed by atoms with Gasteiger partial charge in [0.1, 0.15) is 0 Å². The van der Waals surface area contributed by atoms with Gasteiger partial charge in [-0.15, -0.1) is 0 Å². The lowest BCUT2D eigenvalue weighted by molar-refractivity contribution is 0.0697. The van der Waals surface area contributed by atoms with Crippen molar-refractivity contribution in [1.82, 2.24) is 4.90 Å². The molecule has 20 heavy (non-hydrogen) atoms. The molecular formula is C16H14ClNO2. The minimum atomic E-state index is -0.889. The molecule has 0 saturated carbocycles. The van der Waals surface area contributed by atoms with Crippen molar-refractivity contribution >= 4 is 17.6 Å². The molecule has 0 bridgehead atoms. The summed E-state index contributed by atoms with van der Waals surface area (Å²) in [6.45, 7) is 2.61. The number of carboxylic acids is 1. The Morgan fingerprint density at radius 1 is 1.10 bits per heavy atom. The second kappa shape index (κ2) is 5.27. The minimum absolute atomic E-state index is 0.324. The molecule has 0 saturated heterocycles. The molecule has 0 amide bonds. The normalized spacial score (nSPS) is 14.2. The fraction of sp³-hybridized carbons (Fsp3) is 0.188. The summed E-state index contributed by atoms with van der Waals surface area (Å²) in [5.41, 5.74) is 4.04. The van der Waals surface area contributed by atoms with Crippen LogP contribution in [0.5, 0.6) is 0 Å². The zero-order chi connectivity index (χ0) is 14.1. The standard InChI is InChI=1S/C16H14ClNO2/c17-15-6-5-13-9-18(10-14(13)7-15)8-11-1-3-12(4-2-11)16(19)20/h1-7H,8-10H2,(H,19,20). The van der Waals surface area contributed by atoms with E-state index in [-0.39, 0.29) is 0 Å². The third-order valence-electron chi connectivity index (χ3n) is 3.56. The van der Waals surface area contributed by atoms with Gasteiger partial charge in [-0.05, 0) is 41.0 Å². The summed E-state index contributed by atoms with van der Waals surface area (Å²) in [5.74, 6) is -0.889. The largest absolute Gasteiger partial charge is 0.478 e. The van der Waals surface area contributed by atoms with Gasteiger partial charge >= 0.3 is 5.97 Å². The van der Waals surface area contributed by atoms with Crippen molar-refractivity contribution in [2.45, 2.75) is 19.6 Å². The second-order valence-corrected chi connectivity index (χ2v) is 5.50. The lowest BCUT2D eigenvalue weighted by Crippen LogP contribution is -2.15. The fourth-order valence-electron chi connectivity index (χ4n) is 2.56. The summed E-state index contributed by atoms with van der Waals surface area (Å²) >= 11 is 6.00. The van der Waals surface area contributed by atoms with Gasteiger partial charge in [0.05, 0.1) is 5.56 Å². The van der Waals surface area contributed by atoms with Crippen molar-refractivity contribution in [1.29, 1.82) is 0 Å². The molecule has 0 radical (unpaired) electrons. The third kappa shape index (κ3) is 2.69. The Balaban J connectivity index is 1.70. The molecule has 102 valence electrons. The van der Waals surface area contributed by atoms with Gasteiger partial charge in [0, 0.05) is 24.7 Å². The fourth-order valence-corrected chi connectivity index (χ4v) is 2.75. The Kier molecular flexibility index (Phi) is 3.47. The molecule has 0 atom stereocenters. The maximum absolute atomic E-state index is 10.8. The highest BCUT2D eigenvalue weighted by Crippen LogP contribution is 2.26. The molecular weight excluding hydrogens is 274 g/mol. The van der Waals surface area contributed by atoms with Crippen LogP contribution in [0.4, 0.5) is 0 Å². The van der Waals surface area contributed by atoms with E-state index >= 15 is 0 Å². The zero-order valence-corrected chi connectivity index (χ0v) is 11.6. The van der Waals surface area contributed by atoms with E-state index in [0.717, 1.165) is 30.2 Å². The number of carboxylic acid groups (broad SMARTS) is 1. The van der Waals surface area contributed by atoms with E-state index in [1.165, 1.54) is 11.1 Å². The summed E-state index contributed by atoms with van der Waals surface area (Å²) in [4.78, 5) is 13.1. The van der Waals surface area contributed by atoms with Gasteiger partial charge < -0.3 is 5.11 Å². The van der Waals surface area contributed by atoms with E-state index in [0.29, 0.717) is 5.56 Å². The summed E-state index contributed by atoms with van der Waals surface area (Å²) in [7, 11) is 0. The van der Waals surface area contributed by atoms with E-state index in [9.17, 15) is 4.79 Å². The van der Waals surface area contributed by atoms with Crippen LogP contribution in [-0.4, -0.2) is 16.0 Å². The third-order valence-corrected chi connectivity index (χ3v) is 3.80. The first kappa shape index (κ1) is 13.2. The number of halogens is 1. The predicted octanol–water partition coefficient (Wildman–Crippen LogP) is 3.55. The number of fused-ring (bicyclic) bond motifs is 1. The summed E-state index contributed by atoms with van der Waals surface area (Å²) < 4.78 is 0. The number of hydrogen-bond acceptors (Lipinski definition) is 2. The van der Waals surface area contributed by atoms with Crippen molar-refractivity contribution < 1.29 is 9.90 Å². The highest BCUT2D eigenvalue weighted by Gasteiger charge is 2.19. The van der Waals surface area contributed by atoms with E-state index < -0.39 is 5.97 Å². The number of benzene rings is 2. The van der Waals surface area contributed by atoms with Crippen LogP contribution < -0.4 is 0 Å². The van der Waals surface area contributed by atoms with Crippen LogP contribution in [0.15, 0.2) is 42.5 Å². The molecule has 0 spiro atoms. The second-order valence-electron chi connectivity index (χ2n) is 5.06. The van der Waals surface area contributed by atoms with Crippen molar-refractivity contribution in [3.8, 4) is 0 Å². The van der Waals surface area contributed by atoms with Gasteiger partial charge in [-0.1, -0.05) is 29.8 Å². The van der Waals surface area contributed by atoms with Crippen molar-refractivity contribution in [2.24, 2.45) is 0 Å². The van der Waals surface area contributed by atoms with E-state index in [1.807, 2.05) is 24.3 Å². The molecule has 4 heteroatoms. The molecule has 3 nitrogen and oxygen atoms in total. The quantitative estimate of drug-likeness (QED) is 0.938. The summed E-state index contributed by atoms with van der Waals surface area (Å²) in [6, 6.07) is 13.1. The Bertz CT molecular complexity index is 652. The zero-order valence-electron chi connectivity index (χ0n) is 10.8. The average molecular weight is 288 g/mol. The first-order valence-electron chi connectivity index (χ1n) is 6.44. The van der Waals surface area contributed by atoms with E-state index in [1.54, 1.807) is 12.1 Å². The number of aromatic carboxylic acids is 1. The molecule has 1 N–H and O–H groups in total. The highest BCUT2D eigenvalue weighted by molar-refractivity contribution is 6.30. The van der Waals surface area contributed by atoms with E-state index in [2.05, 4.69) is 11.0 Å². The number of rotatable bonds is 3. The predicted molar refractivity (Wildman–Crippen MR) is 77.8 cm³/mol. The number of hydrogen-bond donors (Lipinski definition) is 1. The van der Waals surface area contributed by atoms with Crippen LogP contribution in [0, 0.1) is 0 Å². The number of carbonyl (C=O) groups is 1. The SMILES string of the molecule is O=C(O)c1ccc(CN2Cc3ccc(Cl)cc3C2)cc1. The topological polar surface area (TPSA) is 40.5 Å².